The highest BCUT2D eigenvalue weighted by molar-refractivity contribution is 6.35. The number of morpholine rings is 1. The fourth-order valence-corrected chi connectivity index (χ4v) is 4.05. The highest BCUT2D eigenvalue weighted by Crippen LogP contribution is 2.34. The third kappa shape index (κ3) is 4.54. The van der Waals surface area contributed by atoms with Gasteiger partial charge in [0.2, 0.25) is 0 Å². The summed E-state index contributed by atoms with van der Waals surface area (Å²) in [6, 6.07) is 5.96. The zero-order valence-electron chi connectivity index (χ0n) is 18.2. The van der Waals surface area contributed by atoms with Crippen LogP contribution in [0.5, 0.6) is 0 Å². The van der Waals surface area contributed by atoms with Crippen molar-refractivity contribution in [3.05, 3.63) is 40.6 Å². The van der Waals surface area contributed by atoms with Crippen LogP contribution in [0.3, 0.4) is 0 Å². The molecule has 1 aromatic rings. The van der Waals surface area contributed by atoms with Gasteiger partial charge in [-0.25, -0.2) is 0 Å². The minimum atomic E-state index is -0.212. The number of hydrogen-bond donors (Lipinski definition) is 0. The monoisotopic (exact) mass is 400 g/mol. The van der Waals surface area contributed by atoms with Gasteiger partial charge in [-0.05, 0) is 57.7 Å². The number of imide groups is 1. The average molecular weight is 401 g/mol. The fraction of sp³-hybridized carbons (Fsp3) is 0.565. The molecule has 2 amide bonds. The van der Waals surface area contributed by atoms with Gasteiger partial charge in [0, 0.05) is 32.8 Å². The van der Waals surface area contributed by atoms with Gasteiger partial charge in [0.25, 0.3) is 11.8 Å². The van der Waals surface area contributed by atoms with E-state index in [0.29, 0.717) is 50.5 Å². The van der Waals surface area contributed by atoms with E-state index in [0.717, 1.165) is 16.7 Å². The largest absolute Gasteiger partial charge is 0.382 e. The summed E-state index contributed by atoms with van der Waals surface area (Å²) >= 11 is 0. The van der Waals surface area contributed by atoms with Crippen LogP contribution >= 0.6 is 0 Å². The Morgan fingerprint density at radius 1 is 1.07 bits per heavy atom. The number of benzene rings is 1. The Bertz CT molecular complexity index is 807. The minimum Gasteiger partial charge on any atom is -0.382 e. The number of carbonyl (C=O) groups excluding carboxylic acids is 2. The van der Waals surface area contributed by atoms with Gasteiger partial charge in [-0.15, -0.1) is 0 Å². The minimum absolute atomic E-state index is 0.00200. The van der Waals surface area contributed by atoms with Crippen LogP contribution in [0.25, 0.3) is 5.57 Å². The number of carbonyl (C=O) groups is 2. The summed E-state index contributed by atoms with van der Waals surface area (Å²) in [6.45, 7) is 12.7. The van der Waals surface area contributed by atoms with Gasteiger partial charge < -0.3 is 14.4 Å². The Morgan fingerprint density at radius 2 is 1.76 bits per heavy atom. The molecular weight excluding hydrogens is 368 g/mol. The molecule has 0 radical (unpaired) electrons. The first-order valence-electron chi connectivity index (χ1n) is 10.5. The van der Waals surface area contributed by atoms with Crippen molar-refractivity contribution >= 4 is 17.4 Å². The molecule has 6 nitrogen and oxygen atoms in total. The number of hydrogen-bond acceptors (Lipinski definition) is 5. The second kappa shape index (κ2) is 9.09. The van der Waals surface area contributed by atoms with Crippen molar-refractivity contribution in [3.63, 3.8) is 0 Å². The number of aryl methyl sites for hydroxylation is 2. The maximum Gasteiger partial charge on any atom is 0.277 e. The normalized spacial score (nSPS) is 22.8. The molecule has 0 N–H and O–H groups in total. The zero-order valence-corrected chi connectivity index (χ0v) is 18.2. The predicted molar refractivity (Wildman–Crippen MR) is 112 cm³/mol. The molecule has 0 aliphatic carbocycles. The van der Waals surface area contributed by atoms with Gasteiger partial charge in [-0.3, -0.25) is 14.5 Å². The van der Waals surface area contributed by atoms with E-state index in [1.165, 1.54) is 4.90 Å². The van der Waals surface area contributed by atoms with E-state index in [9.17, 15) is 9.59 Å². The molecule has 0 aromatic heterocycles. The predicted octanol–water partition coefficient (Wildman–Crippen LogP) is 2.92. The molecule has 6 heteroatoms. The van der Waals surface area contributed by atoms with Crippen LogP contribution in [-0.4, -0.2) is 66.7 Å². The Hall–Kier alpha value is -2.18. The van der Waals surface area contributed by atoms with E-state index in [1.54, 1.807) is 0 Å². The lowest BCUT2D eigenvalue weighted by Gasteiger charge is -2.37. The van der Waals surface area contributed by atoms with Gasteiger partial charge in [0.1, 0.15) is 5.70 Å². The zero-order chi connectivity index (χ0) is 21.1. The van der Waals surface area contributed by atoms with Crippen molar-refractivity contribution < 1.29 is 19.1 Å². The lowest BCUT2D eigenvalue weighted by Crippen LogP contribution is -2.47. The first-order valence-corrected chi connectivity index (χ1v) is 10.5. The van der Waals surface area contributed by atoms with E-state index in [4.69, 9.17) is 9.47 Å². The van der Waals surface area contributed by atoms with Crippen molar-refractivity contribution in [2.24, 2.45) is 0 Å². The van der Waals surface area contributed by atoms with Crippen LogP contribution in [0.15, 0.2) is 23.9 Å². The van der Waals surface area contributed by atoms with Crippen molar-refractivity contribution in [3.8, 4) is 0 Å². The summed E-state index contributed by atoms with van der Waals surface area (Å²) in [4.78, 5) is 30.1. The standard InChI is InChI=1S/C23H32N2O4/c1-6-28-11-7-10-25-22(26)20(19-9-8-15(2)16(3)12-19)21(23(25)27)24-13-17(4)29-18(5)14-24/h8-9,12,17-18H,6-7,10-11,13-14H2,1-5H3. The molecule has 0 saturated carbocycles. The number of amides is 2. The number of ether oxygens (including phenoxy) is 2. The molecular formula is C23H32N2O4. The summed E-state index contributed by atoms with van der Waals surface area (Å²) in [6.07, 6.45) is 0.638. The van der Waals surface area contributed by atoms with Crippen LogP contribution < -0.4 is 0 Å². The van der Waals surface area contributed by atoms with E-state index in [2.05, 4.69) is 0 Å². The Balaban J connectivity index is 1.98. The van der Waals surface area contributed by atoms with Crippen molar-refractivity contribution in [2.75, 3.05) is 32.8 Å². The summed E-state index contributed by atoms with van der Waals surface area (Å²) < 4.78 is 11.2. The Morgan fingerprint density at radius 3 is 2.38 bits per heavy atom. The Kier molecular flexibility index (Phi) is 6.75. The third-order valence-corrected chi connectivity index (χ3v) is 5.55. The van der Waals surface area contributed by atoms with E-state index in [-0.39, 0.29) is 24.0 Å². The van der Waals surface area contributed by atoms with Crippen LogP contribution in [0.4, 0.5) is 0 Å². The van der Waals surface area contributed by atoms with Crippen LogP contribution in [-0.2, 0) is 19.1 Å². The van der Waals surface area contributed by atoms with Crippen molar-refractivity contribution in [2.45, 2.75) is 53.2 Å². The summed E-state index contributed by atoms with van der Waals surface area (Å²) in [7, 11) is 0. The second-order valence-electron chi connectivity index (χ2n) is 8.00. The lowest BCUT2D eigenvalue weighted by atomic mass is 9.99. The molecule has 1 fully saturated rings. The van der Waals surface area contributed by atoms with Crippen LogP contribution in [0, 0.1) is 13.8 Å². The molecule has 3 rings (SSSR count). The van der Waals surface area contributed by atoms with Gasteiger partial charge in [-0.1, -0.05) is 18.2 Å². The molecule has 1 saturated heterocycles. The molecule has 1 aromatic carbocycles. The lowest BCUT2D eigenvalue weighted by molar-refractivity contribution is -0.138. The van der Waals surface area contributed by atoms with Gasteiger partial charge in [0.05, 0.1) is 17.8 Å². The van der Waals surface area contributed by atoms with Crippen molar-refractivity contribution in [1.29, 1.82) is 0 Å². The van der Waals surface area contributed by atoms with Gasteiger partial charge in [0.15, 0.2) is 0 Å². The molecule has 2 unspecified atom stereocenters. The molecule has 2 aliphatic rings. The molecule has 2 atom stereocenters. The molecule has 2 heterocycles. The van der Waals surface area contributed by atoms with Crippen LogP contribution in [0.1, 0.15) is 43.9 Å². The third-order valence-electron chi connectivity index (χ3n) is 5.55. The second-order valence-corrected chi connectivity index (χ2v) is 8.00. The highest BCUT2D eigenvalue weighted by Gasteiger charge is 2.42. The van der Waals surface area contributed by atoms with Gasteiger partial charge >= 0.3 is 0 Å². The summed E-state index contributed by atoms with van der Waals surface area (Å²) in [5.74, 6) is -0.419. The topological polar surface area (TPSA) is 59.1 Å². The maximum absolute atomic E-state index is 13.4. The number of nitrogens with zero attached hydrogens (tertiary/aromatic N) is 2. The molecule has 0 bridgehead atoms. The first kappa shape index (κ1) is 21.5. The molecule has 29 heavy (non-hydrogen) atoms. The van der Waals surface area contributed by atoms with Crippen molar-refractivity contribution in [1.82, 2.24) is 9.80 Å². The maximum atomic E-state index is 13.4. The van der Waals surface area contributed by atoms with Crippen LogP contribution in [0.2, 0.25) is 0 Å². The van der Waals surface area contributed by atoms with E-state index < -0.39 is 0 Å². The fourth-order valence-electron chi connectivity index (χ4n) is 4.05. The molecule has 158 valence electrons. The van der Waals surface area contributed by atoms with Gasteiger partial charge in [-0.2, -0.15) is 0 Å². The first-order chi connectivity index (χ1) is 13.8. The molecule has 0 spiro atoms. The summed E-state index contributed by atoms with van der Waals surface area (Å²) in [5.41, 5.74) is 4.09. The summed E-state index contributed by atoms with van der Waals surface area (Å²) in [5, 5.41) is 0. The molecule has 2 aliphatic heterocycles. The average Bonchev–Trinajstić information content (AvgIpc) is 2.91. The van der Waals surface area contributed by atoms with E-state index in [1.807, 2.05) is 57.7 Å². The quantitative estimate of drug-likeness (QED) is 0.520. The van der Waals surface area contributed by atoms with E-state index >= 15 is 0 Å². The number of rotatable bonds is 7. The highest BCUT2D eigenvalue weighted by atomic mass is 16.5. The Labute approximate surface area is 173 Å². The smallest absolute Gasteiger partial charge is 0.277 e. The SMILES string of the molecule is CCOCCCN1C(=O)C(c2ccc(C)c(C)c2)=C(N2CC(C)OC(C)C2)C1=O.